The molecule has 19 heavy (non-hydrogen) atoms. The molecular formula is C14H18Cl2N2O. The molecule has 1 N–H and O–H groups in total. The lowest BCUT2D eigenvalue weighted by Gasteiger charge is -2.21. The van der Waals surface area contributed by atoms with E-state index in [1.54, 1.807) is 0 Å². The van der Waals surface area contributed by atoms with E-state index in [0.717, 1.165) is 12.8 Å². The van der Waals surface area contributed by atoms with Crippen molar-refractivity contribution in [2.24, 2.45) is 0 Å². The van der Waals surface area contributed by atoms with Gasteiger partial charge in [-0.25, -0.2) is 4.98 Å². The van der Waals surface area contributed by atoms with E-state index in [-0.39, 0.29) is 17.1 Å². The topological polar surface area (TPSA) is 42.0 Å². The van der Waals surface area contributed by atoms with E-state index >= 15 is 0 Å². The second kappa shape index (κ2) is 7.11. The van der Waals surface area contributed by atoms with Crippen molar-refractivity contribution >= 4 is 29.1 Å². The molecule has 0 aliphatic heterocycles. The number of rotatable bonds is 2. The summed E-state index contributed by atoms with van der Waals surface area (Å²) in [7, 11) is 0. The maximum Gasteiger partial charge on any atom is 0.253 e. The molecule has 3 nitrogen and oxygen atoms in total. The SMILES string of the molecule is O=C(NC1CCCCCCC1)c1cc(Cl)ncc1Cl. The van der Waals surface area contributed by atoms with Crippen molar-refractivity contribution < 1.29 is 4.79 Å². The standard InChI is InChI=1S/C14H18Cl2N2O/c15-12-9-17-13(16)8-11(12)14(19)18-10-6-4-2-1-3-5-7-10/h8-10H,1-7H2,(H,18,19). The number of carbonyl (C=O) groups excluding carboxylic acids is 1. The predicted octanol–water partition coefficient (Wildman–Crippen LogP) is 4.23. The van der Waals surface area contributed by atoms with Gasteiger partial charge in [0.1, 0.15) is 5.15 Å². The highest BCUT2D eigenvalue weighted by Crippen LogP contribution is 2.20. The summed E-state index contributed by atoms with van der Waals surface area (Å²) >= 11 is 11.8. The minimum Gasteiger partial charge on any atom is -0.349 e. The van der Waals surface area contributed by atoms with E-state index < -0.39 is 0 Å². The largest absolute Gasteiger partial charge is 0.349 e. The smallest absolute Gasteiger partial charge is 0.253 e. The number of halogens is 2. The summed E-state index contributed by atoms with van der Waals surface area (Å²) in [6.45, 7) is 0. The molecule has 104 valence electrons. The van der Waals surface area contributed by atoms with E-state index in [1.807, 2.05) is 0 Å². The Morgan fingerprint density at radius 2 is 1.79 bits per heavy atom. The van der Waals surface area contributed by atoms with Gasteiger partial charge in [0.05, 0.1) is 10.6 Å². The van der Waals surface area contributed by atoms with Crippen molar-refractivity contribution in [2.75, 3.05) is 0 Å². The van der Waals surface area contributed by atoms with Crippen LogP contribution in [-0.2, 0) is 0 Å². The van der Waals surface area contributed by atoms with Crippen LogP contribution in [0.1, 0.15) is 55.3 Å². The Hall–Kier alpha value is -0.800. The van der Waals surface area contributed by atoms with Gasteiger partial charge in [-0.1, -0.05) is 55.3 Å². The molecule has 1 fully saturated rings. The number of nitrogens with one attached hydrogen (secondary N) is 1. The Labute approximate surface area is 123 Å². The van der Waals surface area contributed by atoms with Gasteiger partial charge in [-0.2, -0.15) is 0 Å². The van der Waals surface area contributed by atoms with Crippen LogP contribution in [0.15, 0.2) is 12.3 Å². The first-order valence-electron chi connectivity index (χ1n) is 6.79. The van der Waals surface area contributed by atoms with Gasteiger partial charge in [0, 0.05) is 12.2 Å². The molecule has 0 spiro atoms. The lowest BCUT2D eigenvalue weighted by molar-refractivity contribution is 0.0930. The van der Waals surface area contributed by atoms with Crippen LogP contribution in [0.2, 0.25) is 10.2 Å². The van der Waals surface area contributed by atoms with Gasteiger partial charge < -0.3 is 5.32 Å². The van der Waals surface area contributed by atoms with Gasteiger partial charge in [0.25, 0.3) is 5.91 Å². The number of carbonyl (C=O) groups is 1. The third-order valence-corrected chi connectivity index (χ3v) is 4.01. The van der Waals surface area contributed by atoms with Crippen molar-refractivity contribution in [2.45, 2.75) is 51.0 Å². The number of nitrogens with zero attached hydrogens (tertiary/aromatic N) is 1. The van der Waals surface area contributed by atoms with Gasteiger partial charge >= 0.3 is 0 Å². The van der Waals surface area contributed by atoms with E-state index in [9.17, 15) is 4.79 Å². The summed E-state index contributed by atoms with van der Waals surface area (Å²) in [4.78, 5) is 16.1. The molecule has 0 radical (unpaired) electrons. The molecule has 1 amide bonds. The van der Waals surface area contributed by atoms with Crippen LogP contribution in [-0.4, -0.2) is 16.9 Å². The molecule has 2 rings (SSSR count). The van der Waals surface area contributed by atoms with Gasteiger partial charge in [-0.05, 0) is 18.9 Å². The van der Waals surface area contributed by atoms with Crippen molar-refractivity contribution in [1.82, 2.24) is 10.3 Å². The van der Waals surface area contributed by atoms with Crippen LogP contribution in [0.3, 0.4) is 0 Å². The molecule has 1 aromatic heterocycles. The minimum absolute atomic E-state index is 0.153. The molecule has 0 aromatic carbocycles. The van der Waals surface area contributed by atoms with Crippen molar-refractivity contribution in [3.63, 3.8) is 0 Å². The summed E-state index contributed by atoms with van der Waals surface area (Å²) in [6.07, 6.45) is 9.68. The van der Waals surface area contributed by atoms with Crippen molar-refractivity contribution in [3.8, 4) is 0 Å². The molecule has 0 unspecified atom stereocenters. The Kier molecular flexibility index (Phi) is 5.46. The second-order valence-corrected chi connectivity index (χ2v) is 5.80. The minimum atomic E-state index is -0.153. The van der Waals surface area contributed by atoms with E-state index in [1.165, 1.54) is 44.4 Å². The molecule has 1 saturated carbocycles. The van der Waals surface area contributed by atoms with Crippen LogP contribution in [0, 0.1) is 0 Å². The summed E-state index contributed by atoms with van der Waals surface area (Å²) in [5, 5.41) is 3.69. The van der Waals surface area contributed by atoms with Crippen LogP contribution in [0.5, 0.6) is 0 Å². The van der Waals surface area contributed by atoms with Crippen molar-refractivity contribution in [3.05, 3.63) is 28.0 Å². The van der Waals surface area contributed by atoms with Crippen molar-refractivity contribution in [1.29, 1.82) is 0 Å². The third kappa shape index (κ3) is 4.36. The molecule has 0 atom stereocenters. The van der Waals surface area contributed by atoms with E-state index in [4.69, 9.17) is 23.2 Å². The molecular weight excluding hydrogens is 283 g/mol. The normalized spacial score (nSPS) is 17.6. The van der Waals surface area contributed by atoms with Gasteiger partial charge in [0.15, 0.2) is 0 Å². The number of aromatic nitrogens is 1. The zero-order valence-electron chi connectivity index (χ0n) is 10.8. The molecule has 0 bridgehead atoms. The highest BCUT2D eigenvalue weighted by atomic mass is 35.5. The van der Waals surface area contributed by atoms with Crippen LogP contribution in [0.25, 0.3) is 0 Å². The summed E-state index contributed by atoms with van der Waals surface area (Å²) in [5.41, 5.74) is 0.406. The second-order valence-electron chi connectivity index (χ2n) is 5.00. The fourth-order valence-corrected chi connectivity index (χ4v) is 2.80. The first kappa shape index (κ1) is 14.6. The molecule has 1 aliphatic carbocycles. The number of hydrogen-bond donors (Lipinski definition) is 1. The molecule has 1 aliphatic rings. The average molecular weight is 301 g/mol. The zero-order chi connectivity index (χ0) is 13.7. The summed E-state index contributed by atoms with van der Waals surface area (Å²) in [6, 6.07) is 1.76. The number of pyridine rings is 1. The highest BCUT2D eigenvalue weighted by Gasteiger charge is 2.17. The number of hydrogen-bond acceptors (Lipinski definition) is 2. The summed E-state index contributed by atoms with van der Waals surface area (Å²) in [5.74, 6) is -0.153. The lowest BCUT2D eigenvalue weighted by atomic mass is 9.96. The molecule has 1 heterocycles. The number of amides is 1. The van der Waals surface area contributed by atoms with E-state index in [0.29, 0.717) is 10.6 Å². The Balaban J connectivity index is 2.00. The van der Waals surface area contributed by atoms with Crippen LogP contribution in [0.4, 0.5) is 0 Å². The Bertz CT molecular complexity index is 443. The first-order chi connectivity index (χ1) is 9.16. The molecule has 0 saturated heterocycles. The lowest BCUT2D eigenvalue weighted by Crippen LogP contribution is -2.35. The first-order valence-corrected chi connectivity index (χ1v) is 7.54. The van der Waals surface area contributed by atoms with Gasteiger partial charge in [0.2, 0.25) is 0 Å². The average Bonchev–Trinajstić information content (AvgIpc) is 2.35. The Morgan fingerprint density at radius 3 is 2.47 bits per heavy atom. The van der Waals surface area contributed by atoms with Crippen LogP contribution < -0.4 is 5.32 Å². The summed E-state index contributed by atoms with van der Waals surface area (Å²) < 4.78 is 0. The highest BCUT2D eigenvalue weighted by molar-refractivity contribution is 6.35. The van der Waals surface area contributed by atoms with Crippen LogP contribution >= 0.6 is 23.2 Å². The fraction of sp³-hybridized carbons (Fsp3) is 0.571. The molecule has 1 aromatic rings. The van der Waals surface area contributed by atoms with Gasteiger partial charge in [-0.15, -0.1) is 0 Å². The molecule has 5 heteroatoms. The predicted molar refractivity (Wildman–Crippen MR) is 77.8 cm³/mol. The maximum absolute atomic E-state index is 12.2. The zero-order valence-corrected chi connectivity index (χ0v) is 12.3. The Morgan fingerprint density at radius 1 is 1.16 bits per heavy atom. The maximum atomic E-state index is 12.2. The fourth-order valence-electron chi connectivity index (χ4n) is 2.45. The van der Waals surface area contributed by atoms with Gasteiger partial charge in [-0.3, -0.25) is 4.79 Å². The van der Waals surface area contributed by atoms with E-state index in [2.05, 4.69) is 10.3 Å². The quantitative estimate of drug-likeness (QED) is 0.831. The monoisotopic (exact) mass is 300 g/mol. The third-order valence-electron chi connectivity index (χ3n) is 3.51.